The molecule has 20 heavy (non-hydrogen) atoms. The highest BCUT2D eigenvalue weighted by molar-refractivity contribution is 5.56. The lowest BCUT2D eigenvalue weighted by molar-refractivity contribution is -0.286. The van der Waals surface area contributed by atoms with Crippen molar-refractivity contribution < 1.29 is 23.0 Å². The van der Waals surface area contributed by atoms with Crippen molar-refractivity contribution in [3.05, 3.63) is 18.2 Å². The van der Waals surface area contributed by atoms with Gasteiger partial charge in [-0.25, -0.2) is 0 Å². The quantitative estimate of drug-likeness (QED) is 0.924. The number of benzene rings is 1. The molecule has 110 valence electrons. The van der Waals surface area contributed by atoms with E-state index in [1.807, 2.05) is 0 Å². The van der Waals surface area contributed by atoms with E-state index in [9.17, 15) is 8.78 Å². The first-order chi connectivity index (χ1) is 9.33. The summed E-state index contributed by atoms with van der Waals surface area (Å²) in [5.41, 5.74) is 0.627. The van der Waals surface area contributed by atoms with Crippen molar-refractivity contribution in [3.63, 3.8) is 0 Å². The van der Waals surface area contributed by atoms with Gasteiger partial charge in [0.2, 0.25) is 0 Å². The van der Waals surface area contributed by atoms with E-state index in [1.165, 1.54) is 12.1 Å². The van der Waals surface area contributed by atoms with Crippen LogP contribution in [0, 0.1) is 0 Å². The Morgan fingerprint density at radius 3 is 2.70 bits per heavy atom. The highest BCUT2D eigenvalue weighted by Gasteiger charge is 2.43. The highest BCUT2D eigenvalue weighted by Crippen LogP contribution is 2.42. The molecule has 0 aliphatic carbocycles. The molecule has 6 heteroatoms. The van der Waals surface area contributed by atoms with Gasteiger partial charge in [-0.2, -0.15) is 0 Å². The van der Waals surface area contributed by atoms with Crippen LogP contribution >= 0.6 is 0 Å². The zero-order valence-electron chi connectivity index (χ0n) is 11.4. The number of hydrogen-bond acceptors (Lipinski definition) is 4. The molecule has 1 aromatic carbocycles. The zero-order valence-corrected chi connectivity index (χ0v) is 11.4. The van der Waals surface area contributed by atoms with Crippen LogP contribution in [0.1, 0.15) is 26.7 Å². The van der Waals surface area contributed by atoms with E-state index in [4.69, 9.17) is 4.74 Å². The maximum Gasteiger partial charge on any atom is 0.586 e. The molecule has 3 rings (SSSR count). The summed E-state index contributed by atoms with van der Waals surface area (Å²) in [4.78, 5) is 0. The Hall–Kier alpha value is -1.56. The Labute approximate surface area is 116 Å². The van der Waals surface area contributed by atoms with Crippen molar-refractivity contribution in [2.75, 3.05) is 11.9 Å². The molecule has 0 aromatic heterocycles. The Morgan fingerprint density at radius 2 is 2.00 bits per heavy atom. The van der Waals surface area contributed by atoms with E-state index in [0.717, 1.165) is 12.8 Å². The SMILES string of the molecule is CC1(C)CCC(CNc2ccc3c(c2)OC(F)(F)O3)O1. The van der Waals surface area contributed by atoms with Crippen LogP contribution in [-0.4, -0.2) is 24.5 Å². The van der Waals surface area contributed by atoms with Crippen LogP contribution in [0.2, 0.25) is 0 Å². The number of ether oxygens (including phenoxy) is 3. The molecular weight excluding hydrogens is 268 g/mol. The number of rotatable bonds is 3. The average Bonchev–Trinajstić information content (AvgIpc) is 2.83. The summed E-state index contributed by atoms with van der Waals surface area (Å²) >= 11 is 0. The molecule has 2 aliphatic heterocycles. The van der Waals surface area contributed by atoms with Gasteiger partial charge in [0.05, 0.1) is 11.7 Å². The minimum atomic E-state index is -3.57. The van der Waals surface area contributed by atoms with Crippen LogP contribution < -0.4 is 14.8 Å². The first kappa shape index (κ1) is 13.4. The van der Waals surface area contributed by atoms with Gasteiger partial charge in [-0.1, -0.05) is 0 Å². The van der Waals surface area contributed by atoms with Gasteiger partial charge >= 0.3 is 6.29 Å². The van der Waals surface area contributed by atoms with Gasteiger partial charge in [0.1, 0.15) is 0 Å². The normalized spacial score (nSPS) is 25.7. The molecule has 1 unspecified atom stereocenters. The lowest BCUT2D eigenvalue weighted by Crippen LogP contribution is -2.26. The average molecular weight is 285 g/mol. The number of anilines is 1. The second-order valence-electron chi connectivity index (χ2n) is 5.75. The molecular formula is C14H17F2NO3. The third-order valence-corrected chi connectivity index (χ3v) is 3.49. The summed E-state index contributed by atoms with van der Waals surface area (Å²) in [7, 11) is 0. The first-order valence-corrected chi connectivity index (χ1v) is 6.65. The Balaban J connectivity index is 1.60. The largest absolute Gasteiger partial charge is 0.586 e. The Morgan fingerprint density at radius 1 is 1.25 bits per heavy atom. The summed E-state index contributed by atoms with van der Waals surface area (Å²) in [6, 6.07) is 4.66. The van der Waals surface area contributed by atoms with Crippen LogP contribution in [0.3, 0.4) is 0 Å². The zero-order chi connectivity index (χ0) is 14.4. The minimum Gasteiger partial charge on any atom is -0.395 e. The van der Waals surface area contributed by atoms with Gasteiger partial charge in [-0.3, -0.25) is 0 Å². The van der Waals surface area contributed by atoms with Crippen molar-refractivity contribution >= 4 is 5.69 Å². The van der Waals surface area contributed by atoms with Gasteiger partial charge < -0.3 is 19.5 Å². The van der Waals surface area contributed by atoms with Crippen LogP contribution in [0.4, 0.5) is 14.5 Å². The topological polar surface area (TPSA) is 39.7 Å². The fourth-order valence-corrected chi connectivity index (χ4v) is 2.51. The molecule has 0 amide bonds. The fourth-order valence-electron chi connectivity index (χ4n) is 2.51. The molecule has 1 N–H and O–H groups in total. The number of hydrogen-bond donors (Lipinski definition) is 1. The minimum absolute atomic E-state index is 0.0488. The molecule has 0 bridgehead atoms. The second kappa shape index (κ2) is 4.48. The third kappa shape index (κ3) is 2.80. The number of nitrogens with one attached hydrogen (secondary N) is 1. The first-order valence-electron chi connectivity index (χ1n) is 6.65. The number of alkyl halides is 2. The van der Waals surface area contributed by atoms with E-state index in [-0.39, 0.29) is 23.2 Å². The molecule has 2 heterocycles. The van der Waals surface area contributed by atoms with E-state index < -0.39 is 6.29 Å². The van der Waals surface area contributed by atoms with Crippen LogP contribution in [0.5, 0.6) is 11.5 Å². The highest BCUT2D eigenvalue weighted by atomic mass is 19.3. The molecule has 1 atom stereocenters. The number of fused-ring (bicyclic) bond motifs is 1. The smallest absolute Gasteiger partial charge is 0.395 e. The lowest BCUT2D eigenvalue weighted by Gasteiger charge is -2.19. The molecule has 0 spiro atoms. The summed E-state index contributed by atoms with van der Waals surface area (Å²) in [6.07, 6.45) is -1.42. The molecule has 1 aromatic rings. The summed E-state index contributed by atoms with van der Waals surface area (Å²) < 4.78 is 40.4. The summed E-state index contributed by atoms with van der Waals surface area (Å²) in [5.74, 6) is 0.103. The molecule has 4 nitrogen and oxygen atoms in total. The van der Waals surface area contributed by atoms with Crippen LogP contribution in [0.25, 0.3) is 0 Å². The molecule has 1 fully saturated rings. The fraction of sp³-hybridized carbons (Fsp3) is 0.571. The van der Waals surface area contributed by atoms with Crippen LogP contribution in [-0.2, 0) is 4.74 Å². The van der Waals surface area contributed by atoms with E-state index >= 15 is 0 Å². The molecule has 1 saturated heterocycles. The van der Waals surface area contributed by atoms with E-state index in [2.05, 4.69) is 28.6 Å². The predicted octanol–water partition coefficient (Wildman–Crippen LogP) is 3.38. The van der Waals surface area contributed by atoms with E-state index in [1.54, 1.807) is 6.07 Å². The van der Waals surface area contributed by atoms with Crippen molar-refractivity contribution in [2.45, 2.75) is 44.7 Å². The van der Waals surface area contributed by atoms with Gasteiger partial charge in [0, 0.05) is 18.3 Å². The van der Waals surface area contributed by atoms with Gasteiger partial charge in [-0.15, -0.1) is 8.78 Å². The van der Waals surface area contributed by atoms with Gasteiger partial charge in [0.15, 0.2) is 11.5 Å². The Bertz CT molecular complexity index is 519. The maximum absolute atomic E-state index is 12.9. The molecule has 0 saturated carbocycles. The Kier molecular flexibility index (Phi) is 3.01. The van der Waals surface area contributed by atoms with Crippen molar-refractivity contribution in [1.29, 1.82) is 0 Å². The predicted molar refractivity (Wildman–Crippen MR) is 69.3 cm³/mol. The second-order valence-corrected chi connectivity index (χ2v) is 5.75. The van der Waals surface area contributed by atoms with Gasteiger partial charge in [-0.05, 0) is 38.8 Å². The molecule has 2 aliphatic rings. The molecule has 0 radical (unpaired) electrons. The third-order valence-electron chi connectivity index (χ3n) is 3.49. The van der Waals surface area contributed by atoms with Crippen LogP contribution in [0.15, 0.2) is 18.2 Å². The summed E-state index contributed by atoms with van der Waals surface area (Å²) in [5, 5.41) is 3.18. The van der Waals surface area contributed by atoms with Crippen molar-refractivity contribution in [3.8, 4) is 11.5 Å². The maximum atomic E-state index is 12.9. The number of halogens is 2. The van der Waals surface area contributed by atoms with Crippen molar-refractivity contribution in [2.24, 2.45) is 0 Å². The van der Waals surface area contributed by atoms with E-state index in [0.29, 0.717) is 12.2 Å². The summed E-state index contributed by atoms with van der Waals surface area (Å²) in [6.45, 7) is 4.77. The monoisotopic (exact) mass is 285 g/mol. The lowest BCUT2D eigenvalue weighted by atomic mass is 10.1. The van der Waals surface area contributed by atoms with Crippen molar-refractivity contribution in [1.82, 2.24) is 0 Å². The van der Waals surface area contributed by atoms with Gasteiger partial charge in [0.25, 0.3) is 0 Å². The standard InChI is InChI=1S/C14H17F2NO3/c1-13(2)6-5-10(18-13)8-17-9-3-4-11-12(7-9)20-14(15,16)19-11/h3-4,7,10,17H,5-6,8H2,1-2H3.